The third-order valence-electron chi connectivity index (χ3n) is 5.22. The summed E-state index contributed by atoms with van der Waals surface area (Å²) in [5, 5.41) is 42.6. The quantitative estimate of drug-likeness (QED) is 0.274. The van der Waals surface area contributed by atoms with Crippen LogP contribution in [0.1, 0.15) is 32.8 Å². The van der Waals surface area contributed by atoms with Gasteiger partial charge in [0, 0.05) is 24.9 Å². The predicted octanol–water partition coefficient (Wildman–Crippen LogP) is 1.49. The molecule has 12 heteroatoms. The molecule has 0 aliphatic carbocycles. The van der Waals surface area contributed by atoms with Crippen molar-refractivity contribution in [2.75, 3.05) is 30.4 Å². The molecule has 11 nitrogen and oxygen atoms in total. The first-order valence-corrected chi connectivity index (χ1v) is 12.9. The van der Waals surface area contributed by atoms with Gasteiger partial charge in [0.1, 0.15) is 30.7 Å². The highest BCUT2D eigenvalue weighted by molar-refractivity contribution is 7.98. The number of aliphatic hydroxyl groups is 3. The zero-order valence-electron chi connectivity index (χ0n) is 20.4. The first-order valence-electron chi connectivity index (χ1n) is 11.5. The van der Waals surface area contributed by atoms with Crippen LogP contribution in [0.25, 0.3) is 0 Å². The zero-order chi connectivity index (χ0) is 26.1. The van der Waals surface area contributed by atoms with E-state index in [-0.39, 0.29) is 18.4 Å². The summed E-state index contributed by atoms with van der Waals surface area (Å²) in [5.74, 6) is -0.463. The highest BCUT2D eigenvalue weighted by atomic mass is 32.2. The van der Waals surface area contributed by atoms with Crippen LogP contribution in [0.3, 0.4) is 0 Å². The molecule has 5 unspecified atom stereocenters. The number of carboxylic acid groups (broad SMARTS) is 1. The Kier molecular flexibility index (Phi) is 11.4. The van der Waals surface area contributed by atoms with Crippen LogP contribution in [0, 0.1) is 0 Å². The molecule has 0 aromatic heterocycles. The van der Waals surface area contributed by atoms with Crippen LogP contribution >= 0.6 is 11.8 Å². The van der Waals surface area contributed by atoms with Gasteiger partial charge in [0.05, 0.1) is 5.69 Å². The van der Waals surface area contributed by atoms with Crippen molar-refractivity contribution in [3.05, 3.63) is 23.8 Å². The molecule has 35 heavy (non-hydrogen) atoms. The van der Waals surface area contributed by atoms with Gasteiger partial charge < -0.3 is 44.9 Å². The molecule has 198 valence electrons. The second kappa shape index (κ2) is 13.7. The number of carboxylic acids is 1. The van der Waals surface area contributed by atoms with Crippen LogP contribution in [0.4, 0.5) is 10.5 Å². The van der Waals surface area contributed by atoms with Crippen LogP contribution in [0.5, 0.6) is 5.75 Å². The van der Waals surface area contributed by atoms with Crippen LogP contribution in [-0.4, -0.2) is 99.2 Å². The molecule has 1 aliphatic heterocycles. The minimum atomic E-state index is -1.81. The van der Waals surface area contributed by atoms with E-state index < -0.39 is 42.8 Å². The normalized spacial score (nSPS) is 24.2. The lowest BCUT2D eigenvalue weighted by atomic mass is 9.99. The molecular formula is C23H36N2O9S. The molecular weight excluding hydrogens is 480 g/mol. The average molecular weight is 517 g/mol. The van der Waals surface area contributed by atoms with Crippen molar-refractivity contribution in [1.29, 1.82) is 0 Å². The maximum absolute atomic E-state index is 12.5. The van der Waals surface area contributed by atoms with Gasteiger partial charge in [-0.3, -0.25) is 0 Å². The molecule has 0 spiro atoms. The summed E-state index contributed by atoms with van der Waals surface area (Å²) in [4.78, 5) is 25.5. The SMILES string of the molecule is CCCN(CCSC)C(=O)OCc1ccc(OC2OC(C(=O)O)C(O)C(O)C2O)c(NC(C)C)c1. The molecule has 5 N–H and O–H groups in total. The van der Waals surface area contributed by atoms with Gasteiger partial charge in [-0.2, -0.15) is 11.8 Å². The van der Waals surface area contributed by atoms with Crippen molar-refractivity contribution in [2.45, 2.75) is 70.5 Å². The monoisotopic (exact) mass is 516 g/mol. The van der Waals surface area contributed by atoms with Crippen molar-refractivity contribution in [2.24, 2.45) is 0 Å². The number of aliphatic carboxylic acids is 1. The second-order valence-corrected chi connectivity index (χ2v) is 9.50. The number of hydrogen-bond donors (Lipinski definition) is 5. The lowest BCUT2D eigenvalue weighted by Gasteiger charge is -2.38. The number of rotatable bonds is 12. The third kappa shape index (κ3) is 8.14. The molecule has 1 aromatic carbocycles. The van der Waals surface area contributed by atoms with Crippen LogP contribution < -0.4 is 10.1 Å². The van der Waals surface area contributed by atoms with Crippen molar-refractivity contribution in [3.63, 3.8) is 0 Å². The molecule has 1 fully saturated rings. The number of carbonyl (C=O) groups excluding carboxylic acids is 1. The van der Waals surface area contributed by atoms with E-state index in [4.69, 9.17) is 14.2 Å². The number of thioether (sulfide) groups is 1. The van der Waals surface area contributed by atoms with Crippen molar-refractivity contribution < 1.29 is 44.2 Å². The van der Waals surface area contributed by atoms with E-state index in [2.05, 4.69) is 5.32 Å². The van der Waals surface area contributed by atoms with E-state index in [0.29, 0.717) is 24.3 Å². The van der Waals surface area contributed by atoms with Gasteiger partial charge in [0.25, 0.3) is 0 Å². The lowest BCUT2D eigenvalue weighted by Crippen LogP contribution is -2.61. The summed E-state index contributed by atoms with van der Waals surface area (Å²) in [6.45, 7) is 7.03. The number of nitrogens with one attached hydrogen (secondary N) is 1. The van der Waals surface area contributed by atoms with Crippen LogP contribution in [-0.2, 0) is 20.9 Å². The van der Waals surface area contributed by atoms with E-state index in [0.717, 1.165) is 12.2 Å². The third-order valence-corrected chi connectivity index (χ3v) is 5.81. The van der Waals surface area contributed by atoms with Crippen molar-refractivity contribution in [3.8, 4) is 5.75 Å². The number of hydrogen-bond acceptors (Lipinski definition) is 10. The molecule has 1 heterocycles. The molecule has 1 saturated heterocycles. The predicted molar refractivity (Wildman–Crippen MR) is 131 cm³/mol. The van der Waals surface area contributed by atoms with E-state index in [9.17, 15) is 30.0 Å². The smallest absolute Gasteiger partial charge is 0.410 e. The molecule has 2 rings (SSSR count). The largest absolute Gasteiger partial charge is 0.479 e. The van der Waals surface area contributed by atoms with E-state index in [1.54, 1.807) is 34.9 Å². The standard InChI is InChI=1S/C23H36N2O9S/c1-5-8-25(9-10-35-4)23(31)32-12-14-6-7-16(15(11-14)24-13(2)3)33-22-19(28)17(26)18(27)20(34-22)21(29)30/h6-7,11,13,17-20,22,24,26-28H,5,8-10,12H2,1-4H3,(H,29,30). The average Bonchev–Trinajstić information content (AvgIpc) is 2.81. The number of benzene rings is 1. The zero-order valence-corrected chi connectivity index (χ0v) is 21.2. The molecule has 1 aromatic rings. The minimum Gasteiger partial charge on any atom is -0.479 e. The van der Waals surface area contributed by atoms with Gasteiger partial charge in [-0.15, -0.1) is 0 Å². The summed E-state index contributed by atoms with van der Waals surface area (Å²) in [5.41, 5.74) is 1.17. The summed E-state index contributed by atoms with van der Waals surface area (Å²) >= 11 is 1.65. The van der Waals surface area contributed by atoms with Gasteiger partial charge in [0.2, 0.25) is 6.29 Å². The highest BCUT2D eigenvalue weighted by Gasteiger charge is 2.48. The van der Waals surface area contributed by atoms with E-state index in [1.165, 1.54) is 0 Å². The first kappa shape index (κ1) is 29.0. The van der Waals surface area contributed by atoms with Gasteiger partial charge in [-0.05, 0) is 44.2 Å². The Balaban J connectivity index is 2.16. The Morgan fingerprint density at radius 2 is 1.89 bits per heavy atom. The van der Waals surface area contributed by atoms with Gasteiger partial charge in [-0.25, -0.2) is 9.59 Å². The highest BCUT2D eigenvalue weighted by Crippen LogP contribution is 2.31. The number of ether oxygens (including phenoxy) is 3. The molecule has 1 aliphatic rings. The summed E-state index contributed by atoms with van der Waals surface area (Å²) in [6.07, 6.45) is -6.17. The number of nitrogens with zero attached hydrogens (tertiary/aromatic N) is 1. The van der Waals surface area contributed by atoms with Crippen molar-refractivity contribution >= 4 is 29.5 Å². The second-order valence-electron chi connectivity index (χ2n) is 8.52. The molecule has 0 bridgehead atoms. The number of aliphatic hydroxyl groups excluding tert-OH is 3. The maximum Gasteiger partial charge on any atom is 0.410 e. The lowest BCUT2D eigenvalue weighted by molar-refractivity contribution is -0.271. The van der Waals surface area contributed by atoms with Crippen LogP contribution in [0.2, 0.25) is 0 Å². The summed E-state index contributed by atoms with van der Waals surface area (Å²) in [6, 6.07) is 4.92. The molecule has 0 saturated carbocycles. The maximum atomic E-state index is 12.5. The number of carbonyl (C=O) groups is 2. The number of anilines is 1. The van der Waals surface area contributed by atoms with Gasteiger partial charge in [0.15, 0.2) is 6.10 Å². The first-order chi connectivity index (χ1) is 16.6. The molecule has 0 radical (unpaired) electrons. The Bertz CT molecular complexity index is 841. The topological polar surface area (TPSA) is 158 Å². The van der Waals surface area contributed by atoms with E-state index in [1.807, 2.05) is 27.0 Å². The van der Waals surface area contributed by atoms with Gasteiger partial charge in [-0.1, -0.05) is 13.0 Å². The molecule has 1 amide bonds. The Labute approximate surface area is 209 Å². The van der Waals surface area contributed by atoms with Gasteiger partial charge >= 0.3 is 12.1 Å². The fourth-order valence-corrected chi connectivity index (χ4v) is 3.87. The molecule has 5 atom stereocenters. The Hall–Kier alpha value is -2.25. The van der Waals surface area contributed by atoms with Crippen LogP contribution in [0.15, 0.2) is 18.2 Å². The Morgan fingerprint density at radius 3 is 2.49 bits per heavy atom. The van der Waals surface area contributed by atoms with E-state index >= 15 is 0 Å². The Morgan fingerprint density at radius 1 is 1.17 bits per heavy atom. The summed E-state index contributed by atoms with van der Waals surface area (Å²) in [7, 11) is 0. The summed E-state index contributed by atoms with van der Waals surface area (Å²) < 4.78 is 16.4. The van der Waals surface area contributed by atoms with Crippen molar-refractivity contribution in [1.82, 2.24) is 4.90 Å². The fraction of sp³-hybridized carbons (Fsp3) is 0.652. The number of amides is 1. The minimum absolute atomic E-state index is 0.0156. The fourth-order valence-electron chi connectivity index (χ4n) is 3.47.